The van der Waals surface area contributed by atoms with Crippen LogP contribution in [0.15, 0.2) is 23.1 Å². The molecule has 4 N–H and O–H groups in total. The average Bonchev–Trinajstić information content (AvgIpc) is 2.40. The summed E-state index contributed by atoms with van der Waals surface area (Å²) in [4.78, 5) is 12.3. The number of rotatable bonds is 3. The standard InChI is InChI=1S/C13H20N4O4S/c1-13(2)8-16(6-5-12(13)14)10-4-3-9(22(15,20)21)7-11(10)17(18)19/h3-4,7,12H,5-6,8,14H2,1-2H3,(H2,15,20,21). The first-order valence-corrected chi connectivity index (χ1v) is 8.39. The summed E-state index contributed by atoms with van der Waals surface area (Å²) in [6, 6.07) is 3.75. The summed E-state index contributed by atoms with van der Waals surface area (Å²) in [5, 5.41) is 16.3. The number of anilines is 1. The molecule has 0 bridgehead atoms. The van der Waals surface area contributed by atoms with Crippen LogP contribution in [0.25, 0.3) is 0 Å². The predicted molar refractivity (Wildman–Crippen MR) is 83.1 cm³/mol. The van der Waals surface area contributed by atoms with Crippen LogP contribution in [0.1, 0.15) is 20.3 Å². The van der Waals surface area contributed by atoms with E-state index in [9.17, 15) is 18.5 Å². The normalized spacial score (nSPS) is 21.6. The van der Waals surface area contributed by atoms with Crippen molar-refractivity contribution in [1.82, 2.24) is 0 Å². The first kappa shape index (κ1) is 16.7. The molecule has 0 aliphatic carbocycles. The molecule has 2 rings (SSSR count). The van der Waals surface area contributed by atoms with E-state index in [1.807, 2.05) is 18.7 Å². The molecule has 0 radical (unpaired) electrons. The lowest BCUT2D eigenvalue weighted by Crippen LogP contribution is -2.52. The highest BCUT2D eigenvalue weighted by Gasteiger charge is 2.35. The van der Waals surface area contributed by atoms with Crippen LogP contribution in [0.5, 0.6) is 0 Å². The molecule has 122 valence electrons. The fraction of sp³-hybridized carbons (Fsp3) is 0.538. The fourth-order valence-corrected chi connectivity index (χ4v) is 3.21. The molecule has 1 aliphatic heterocycles. The molecule has 0 spiro atoms. The molecule has 0 saturated carbocycles. The number of nitrogens with two attached hydrogens (primary N) is 2. The van der Waals surface area contributed by atoms with Crippen LogP contribution in [0.2, 0.25) is 0 Å². The van der Waals surface area contributed by atoms with Gasteiger partial charge < -0.3 is 10.6 Å². The van der Waals surface area contributed by atoms with E-state index in [1.165, 1.54) is 12.1 Å². The minimum Gasteiger partial charge on any atom is -0.365 e. The van der Waals surface area contributed by atoms with E-state index in [0.717, 1.165) is 6.07 Å². The van der Waals surface area contributed by atoms with Crippen LogP contribution in [-0.4, -0.2) is 32.5 Å². The number of nitrogens with zero attached hydrogens (tertiary/aromatic N) is 2. The third-order valence-corrected chi connectivity index (χ3v) is 5.04. The molecule has 8 nitrogen and oxygen atoms in total. The summed E-state index contributed by atoms with van der Waals surface area (Å²) in [6.07, 6.45) is 0.709. The van der Waals surface area contributed by atoms with Crippen molar-refractivity contribution in [3.05, 3.63) is 28.3 Å². The Morgan fingerprint density at radius 2 is 2.05 bits per heavy atom. The number of hydrogen-bond acceptors (Lipinski definition) is 6. The summed E-state index contributed by atoms with van der Waals surface area (Å²) in [5.41, 5.74) is 6.01. The molecule has 1 aromatic carbocycles. The van der Waals surface area contributed by atoms with Crippen molar-refractivity contribution in [3.63, 3.8) is 0 Å². The van der Waals surface area contributed by atoms with Crippen LogP contribution in [0.4, 0.5) is 11.4 Å². The van der Waals surface area contributed by atoms with Crippen molar-refractivity contribution in [1.29, 1.82) is 0 Å². The van der Waals surface area contributed by atoms with Crippen molar-refractivity contribution in [2.24, 2.45) is 16.3 Å². The number of nitro benzene ring substituents is 1. The second-order valence-corrected chi connectivity index (χ2v) is 7.82. The topological polar surface area (TPSA) is 133 Å². The van der Waals surface area contributed by atoms with E-state index in [1.54, 1.807) is 0 Å². The number of nitro groups is 1. The van der Waals surface area contributed by atoms with Crippen LogP contribution < -0.4 is 15.8 Å². The molecular formula is C13H20N4O4S. The number of primary sulfonamides is 1. The van der Waals surface area contributed by atoms with Gasteiger partial charge in [-0.25, -0.2) is 13.6 Å². The van der Waals surface area contributed by atoms with Gasteiger partial charge in [0.1, 0.15) is 5.69 Å². The lowest BCUT2D eigenvalue weighted by molar-refractivity contribution is -0.384. The smallest absolute Gasteiger partial charge is 0.293 e. The SMILES string of the molecule is CC1(C)CN(c2ccc(S(N)(=O)=O)cc2[N+](=O)[O-])CCC1N. The molecule has 22 heavy (non-hydrogen) atoms. The molecule has 1 unspecified atom stereocenters. The van der Waals surface area contributed by atoms with Crippen LogP contribution in [-0.2, 0) is 10.0 Å². The molecular weight excluding hydrogens is 308 g/mol. The van der Waals surface area contributed by atoms with Crippen molar-refractivity contribution < 1.29 is 13.3 Å². The van der Waals surface area contributed by atoms with E-state index >= 15 is 0 Å². The Labute approximate surface area is 129 Å². The molecule has 1 aliphatic rings. The minimum absolute atomic E-state index is 0.0199. The quantitative estimate of drug-likeness (QED) is 0.623. The predicted octanol–water partition coefficient (Wildman–Crippen LogP) is 0.806. The van der Waals surface area contributed by atoms with E-state index in [2.05, 4.69) is 0 Å². The summed E-state index contributed by atoms with van der Waals surface area (Å²) >= 11 is 0. The van der Waals surface area contributed by atoms with Gasteiger partial charge in [-0.15, -0.1) is 0 Å². The van der Waals surface area contributed by atoms with Crippen molar-refractivity contribution in [2.75, 3.05) is 18.0 Å². The van der Waals surface area contributed by atoms with Gasteiger partial charge in [0.05, 0.1) is 9.82 Å². The van der Waals surface area contributed by atoms with Gasteiger partial charge in [0.25, 0.3) is 5.69 Å². The van der Waals surface area contributed by atoms with Gasteiger partial charge >= 0.3 is 0 Å². The largest absolute Gasteiger partial charge is 0.365 e. The highest BCUT2D eigenvalue weighted by molar-refractivity contribution is 7.89. The maximum absolute atomic E-state index is 11.4. The first-order valence-electron chi connectivity index (χ1n) is 6.84. The fourth-order valence-electron chi connectivity index (χ4n) is 2.67. The van der Waals surface area contributed by atoms with Crippen LogP contribution in [0, 0.1) is 15.5 Å². The number of benzene rings is 1. The van der Waals surface area contributed by atoms with Gasteiger partial charge in [-0.05, 0) is 24.0 Å². The maximum Gasteiger partial charge on any atom is 0.293 e. The zero-order chi connectivity index (χ0) is 16.7. The van der Waals surface area contributed by atoms with Gasteiger partial charge in [-0.1, -0.05) is 13.8 Å². The molecule has 1 atom stereocenters. The average molecular weight is 328 g/mol. The molecule has 9 heteroatoms. The van der Waals surface area contributed by atoms with E-state index in [4.69, 9.17) is 10.9 Å². The van der Waals surface area contributed by atoms with Gasteiger partial charge in [0.15, 0.2) is 0 Å². The van der Waals surface area contributed by atoms with Crippen LogP contribution in [0.3, 0.4) is 0 Å². The summed E-state index contributed by atoms with van der Waals surface area (Å²) in [7, 11) is -3.98. The van der Waals surface area contributed by atoms with Crippen LogP contribution >= 0.6 is 0 Å². The number of sulfonamides is 1. The van der Waals surface area contributed by atoms with Gasteiger partial charge in [-0.3, -0.25) is 10.1 Å². The maximum atomic E-state index is 11.4. The highest BCUT2D eigenvalue weighted by atomic mass is 32.2. The molecule has 1 heterocycles. The van der Waals surface area contributed by atoms with Crippen molar-refractivity contribution >= 4 is 21.4 Å². The Balaban J connectivity index is 2.45. The zero-order valence-corrected chi connectivity index (χ0v) is 13.3. The van der Waals surface area contributed by atoms with E-state index < -0.39 is 14.9 Å². The molecule has 0 amide bonds. The molecule has 1 aromatic rings. The third-order valence-electron chi connectivity index (χ3n) is 4.12. The number of hydrogen-bond donors (Lipinski definition) is 2. The number of piperidine rings is 1. The first-order chi connectivity index (χ1) is 10.0. The summed E-state index contributed by atoms with van der Waals surface area (Å²) in [5.74, 6) is 0. The van der Waals surface area contributed by atoms with Gasteiger partial charge in [0.2, 0.25) is 10.0 Å². The van der Waals surface area contributed by atoms with E-state index in [-0.39, 0.29) is 22.0 Å². The van der Waals surface area contributed by atoms with Gasteiger partial charge in [-0.2, -0.15) is 0 Å². The lowest BCUT2D eigenvalue weighted by atomic mass is 9.79. The Kier molecular flexibility index (Phi) is 4.16. The van der Waals surface area contributed by atoms with Gasteiger partial charge in [0, 0.05) is 25.2 Å². The Bertz CT molecular complexity index is 702. The molecule has 1 saturated heterocycles. The Hall–Kier alpha value is -1.71. The summed E-state index contributed by atoms with van der Waals surface area (Å²) < 4.78 is 22.7. The second-order valence-electron chi connectivity index (χ2n) is 6.26. The van der Waals surface area contributed by atoms with E-state index in [0.29, 0.717) is 25.2 Å². The third kappa shape index (κ3) is 3.21. The zero-order valence-electron chi connectivity index (χ0n) is 12.5. The Morgan fingerprint density at radius 1 is 1.41 bits per heavy atom. The molecule has 1 fully saturated rings. The van der Waals surface area contributed by atoms with Crippen molar-refractivity contribution in [3.8, 4) is 0 Å². The highest BCUT2D eigenvalue weighted by Crippen LogP contribution is 2.36. The van der Waals surface area contributed by atoms with Crippen molar-refractivity contribution in [2.45, 2.75) is 31.2 Å². The second kappa shape index (κ2) is 5.49. The molecule has 0 aromatic heterocycles. The minimum atomic E-state index is -3.98. The monoisotopic (exact) mass is 328 g/mol. The lowest BCUT2D eigenvalue weighted by Gasteiger charge is -2.43. The summed E-state index contributed by atoms with van der Waals surface area (Å²) in [6.45, 7) is 5.16. The Morgan fingerprint density at radius 3 is 2.55 bits per heavy atom.